The van der Waals surface area contributed by atoms with Crippen LogP contribution in [0.15, 0.2) is 36.4 Å². The minimum absolute atomic E-state index is 0.145. The maximum absolute atomic E-state index is 12.7. The molecule has 0 heterocycles. The molecule has 0 fully saturated rings. The average molecular weight is 328 g/mol. The summed E-state index contributed by atoms with van der Waals surface area (Å²) < 4.78 is 5.85. The van der Waals surface area contributed by atoms with E-state index in [0.29, 0.717) is 0 Å². The maximum atomic E-state index is 12.7. The molecule has 0 aliphatic rings. The molecule has 23 heavy (non-hydrogen) atoms. The second kappa shape index (κ2) is 7.75. The number of hydrogen-bond donors (Lipinski definition) is 0. The summed E-state index contributed by atoms with van der Waals surface area (Å²) >= 11 is 0. The second-order valence-electron chi connectivity index (χ2n) is 6.03. The van der Waals surface area contributed by atoms with Gasteiger partial charge in [-0.3, -0.25) is 4.79 Å². The van der Waals surface area contributed by atoms with Crippen LogP contribution in [0.2, 0.25) is 0 Å². The van der Waals surface area contributed by atoms with Crippen molar-refractivity contribution in [1.29, 1.82) is 0 Å². The monoisotopic (exact) mass is 328 g/mol. The van der Waals surface area contributed by atoms with Crippen LogP contribution in [0.3, 0.4) is 0 Å². The molecule has 2 aromatic carbocycles. The smallest absolute Gasteiger partial charge is 0.186 e. The summed E-state index contributed by atoms with van der Waals surface area (Å²) in [5, 5.41) is 1.09. The first-order chi connectivity index (χ1) is 10.9. The van der Waals surface area contributed by atoms with Gasteiger partial charge in [0.15, 0.2) is 5.52 Å². The summed E-state index contributed by atoms with van der Waals surface area (Å²) in [5.74, 6) is 0.880. The molecule has 0 bridgehead atoms. The molecule has 122 valence electrons. The SMILES string of the molecule is CCC(C)Oc1ccc(PC(=O)c2c(C)cccc2C)c(C)c1. The Morgan fingerprint density at radius 1 is 1.09 bits per heavy atom. The van der Waals surface area contributed by atoms with E-state index in [1.807, 2.05) is 57.2 Å². The molecular formula is C20H25O2P. The van der Waals surface area contributed by atoms with Crippen LogP contribution >= 0.6 is 8.58 Å². The number of carbonyl (C=O) groups excluding carboxylic acids is 1. The molecular weight excluding hydrogens is 303 g/mol. The average Bonchev–Trinajstić information content (AvgIpc) is 2.49. The van der Waals surface area contributed by atoms with Gasteiger partial charge in [0.25, 0.3) is 0 Å². The molecule has 0 aliphatic carbocycles. The highest BCUT2D eigenvalue weighted by molar-refractivity contribution is 7.66. The summed E-state index contributed by atoms with van der Waals surface area (Å²) in [6.07, 6.45) is 1.19. The lowest BCUT2D eigenvalue weighted by Gasteiger charge is -2.15. The molecule has 0 aromatic heterocycles. The van der Waals surface area contributed by atoms with Gasteiger partial charge < -0.3 is 4.74 Å². The number of aryl methyl sites for hydroxylation is 3. The van der Waals surface area contributed by atoms with Crippen LogP contribution in [0, 0.1) is 20.8 Å². The number of ether oxygens (including phenoxy) is 1. The van der Waals surface area contributed by atoms with Gasteiger partial charge in [-0.15, -0.1) is 0 Å². The van der Waals surface area contributed by atoms with E-state index in [2.05, 4.69) is 13.8 Å². The summed E-state index contributed by atoms with van der Waals surface area (Å²) in [4.78, 5) is 12.7. The predicted molar refractivity (Wildman–Crippen MR) is 99.8 cm³/mol. The molecule has 2 nitrogen and oxygen atoms in total. The number of benzene rings is 2. The zero-order valence-electron chi connectivity index (χ0n) is 14.6. The number of carbonyl (C=O) groups is 1. The fourth-order valence-corrected chi connectivity index (χ4v) is 3.72. The molecule has 0 aliphatic heterocycles. The normalized spacial score (nSPS) is 12.6. The van der Waals surface area contributed by atoms with Gasteiger partial charge in [-0.1, -0.05) is 31.2 Å². The molecule has 2 unspecified atom stereocenters. The van der Waals surface area contributed by atoms with Gasteiger partial charge in [0, 0.05) is 5.56 Å². The summed E-state index contributed by atoms with van der Waals surface area (Å²) in [6.45, 7) is 10.2. The number of rotatable bonds is 6. The highest BCUT2D eigenvalue weighted by Gasteiger charge is 2.14. The summed E-state index contributed by atoms with van der Waals surface area (Å²) in [5.41, 5.74) is 4.29. The first kappa shape index (κ1) is 17.7. The molecule has 0 radical (unpaired) electrons. The lowest BCUT2D eigenvalue weighted by molar-refractivity contribution is 0.108. The molecule has 0 saturated carbocycles. The van der Waals surface area contributed by atoms with E-state index in [0.717, 1.165) is 39.7 Å². The Hall–Kier alpha value is -1.66. The van der Waals surface area contributed by atoms with Gasteiger partial charge in [0.1, 0.15) is 5.75 Å². The van der Waals surface area contributed by atoms with Crippen molar-refractivity contribution < 1.29 is 9.53 Å². The van der Waals surface area contributed by atoms with Gasteiger partial charge in [-0.2, -0.15) is 0 Å². The molecule has 2 aromatic rings. The van der Waals surface area contributed by atoms with Crippen molar-refractivity contribution in [3.8, 4) is 5.75 Å². The molecule has 0 N–H and O–H groups in total. The minimum Gasteiger partial charge on any atom is -0.491 e. The van der Waals surface area contributed by atoms with E-state index < -0.39 is 0 Å². The Kier molecular flexibility index (Phi) is 5.96. The Morgan fingerprint density at radius 3 is 2.30 bits per heavy atom. The van der Waals surface area contributed by atoms with Crippen molar-refractivity contribution in [3.63, 3.8) is 0 Å². The van der Waals surface area contributed by atoms with Gasteiger partial charge >= 0.3 is 0 Å². The Labute approximate surface area is 141 Å². The van der Waals surface area contributed by atoms with Crippen molar-refractivity contribution in [1.82, 2.24) is 0 Å². The number of hydrogen-bond acceptors (Lipinski definition) is 2. The Balaban J connectivity index is 2.19. The van der Waals surface area contributed by atoms with Crippen molar-refractivity contribution >= 4 is 19.4 Å². The molecule has 2 rings (SSSR count). The molecule has 0 amide bonds. The van der Waals surface area contributed by atoms with E-state index in [9.17, 15) is 4.79 Å². The van der Waals surface area contributed by atoms with E-state index in [1.165, 1.54) is 0 Å². The van der Waals surface area contributed by atoms with E-state index in [4.69, 9.17) is 4.74 Å². The lowest BCUT2D eigenvalue weighted by Crippen LogP contribution is -2.12. The third kappa shape index (κ3) is 4.42. The lowest BCUT2D eigenvalue weighted by atomic mass is 10.0. The van der Waals surface area contributed by atoms with Gasteiger partial charge in [-0.25, -0.2) is 0 Å². The van der Waals surface area contributed by atoms with E-state index >= 15 is 0 Å². The second-order valence-corrected chi connectivity index (χ2v) is 7.28. The fourth-order valence-electron chi connectivity index (χ4n) is 2.52. The van der Waals surface area contributed by atoms with Crippen molar-refractivity contribution in [3.05, 3.63) is 58.7 Å². The summed E-state index contributed by atoms with van der Waals surface area (Å²) in [7, 11) is 0.145. The van der Waals surface area contributed by atoms with Gasteiger partial charge in [-0.05, 0) is 76.8 Å². The van der Waals surface area contributed by atoms with Crippen molar-refractivity contribution in [2.75, 3.05) is 0 Å². The first-order valence-electron chi connectivity index (χ1n) is 8.07. The standard InChI is InChI=1S/C20H25O2P/c1-6-16(5)22-17-10-11-18(15(4)12-17)23-20(21)19-13(2)8-7-9-14(19)3/h7-12,16,23H,6H2,1-5H3. The third-order valence-corrected chi connectivity index (χ3v) is 5.37. The molecule has 3 heteroatoms. The largest absolute Gasteiger partial charge is 0.491 e. The minimum atomic E-state index is 0.145. The van der Waals surface area contributed by atoms with Crippen LogP contribution in [0.1, 0.15) is 47.3 Å². The third-order valence-electron chi connectivity index (χ3n) is 4.07. The van der Waals surface area contributed by atoms with Crippen LogP contribution in [0.25, 0.3) is 0 Å². The van der Waals surface area contributed by atoms with Gasteiger partial charge in [0.2, 0.25) is 0 Å². The first-order valence-corrected chi connectivity index (χ1v) is 9.07. The van der Waals surface area contributed by atoms with Crippen LogP contribution in [0.5, 0.6) is 5.75 Å². The quantitative estimate of drug-likeness (QED) is 0.703. The topological polar surface area (TPSA) is 26.3 Å². The highest BCUT2D eigenvalue weighted by atomic mass is 31.1. The van der Waals surface area contributed by atoms with E-state index in [1.54, 1.807) is 0 Å². The van der Waals surface area contributed by atoms with Crippen molar-refractivity contribution in [2.45, 2.75) is 47.1 Å². The van der Waals surface area contributed by atoms with Crippen molar-refractivity contribution in [2.24, 2.45) is 0 Å². The maximum Gasteiger partial charge on any atom is 0.186 e. The van der Waals surface area contributed by atoms with E-state index in [-0.39, 0.29) is 20.2 Å². The van der Waals surface area contributed by atoms with Crippen LogP contribution in [-0.4, -0.2) is 11.6 Å². The molecule has 2 atom stereocenters. The molecule has 0 saturated heterocycles. The van der Waals surface area contributed by atoms with Crippen LogP contribution < -0.4 is 10.0 Å². The fraction of sp³-hybridized carbons (Fsp3) is 0.350. The van der Waals surface area contributed by atoms with Gasteiger partial charge in [0.05, 0.1) is 6.10 Å². The highest BCUT2D eigenvalue weighted by Crippen LogP contribution is 2.26. The summed E-state index contributed by atoms with van der Waals surface area (Å²) in [6, 6.07) is 12.0. The zero-order chi connectivity index (χ0) is 17.0. The Morgan fingerprint density at radius 2 is 1.74 bits per heavy atom. The molecule has 0 spiro atoms. The Bertz CT molecular complexity index is 687. The van der Waals surface area contributed by atoms with Crippen LogP contribution in [0.4, 0.5) is 0 Å². The predicted octanol–water partition coefficient (Wildman–Crippen LogP) is 4.93. The van der Waals surface area contributed by atoms with Crippen LogP contribution in [-0.2, 0) is 0 Å². The zero-order valence-corrected chi connectivity index (χ0v) is 15.6.